The van der Waals surface area contributed by atoms with Gasteiger partial charge in [0.25, 0.3) is 0 Å². The fourth-order valence-corrected chi connectivity index (χ4v) is 0.895. The van der Waals surface area contributed by atoms with Crippen LogP contribution >= 0.6 is 0 Å². The molecule has 0 N–H and O–H groups in total. The van der Waals surface area contributed by atoms with Crippen molar-refractivity contribution < 1.29 is 0 Å². The van der Waals surface area contributed by atoms with E-state index in [2.05, 4.69) is 26.5 Å². The van der Waals surface area contributed by atoms with E-state index < -0.39 is 0 Å². The van der Waals surface area contributed by atoms with Gasteiger partial charge in [0.05, 0.1) is 0 Å². The summed E-state index contributed by atoms with van der Waals surface area (Å²) in [6.07, 6.45) is 6.84. The Morgan fingerprint density at radius 2 is 2.22 bits per heavy atom. The van der Waals surface area contributed by atoms with E-state index in [0.717, 1.165) is 12.3 Å². The van der Waals surface area contributed by atoms with Crippen LogP contribution in [-0.4, -0.2) is 0 Å². The molecule has 0 saturated heterocycles. The van der Waals surface area contributed by atoms with Crippen LogP contribution < -0.4 is 0 Å². The predicted molar refractivity (Wildman–Crippen MR) is 43.2 cm³/mol. The fraction of sp³-hybridized carbons (Fsp3) is 0.667. The second kappa shape index (κ2) is 5.87. The summed E-state index contributed by atoms with van der Waals surface area (Å²) < 4.78 is 0. The molecule has 0 heteroatoms. The number of unbranched alkanes of at least 4 members (excludes halogenated alkanes) is 1. The summed E-state index contributed by atoms with van der Waals surface area (Å²) in [7, 11) is 0. The lowest BCUT2D eigenvalue weighted by atomic mass is 10.00. The zero-order valence-electron chi connectivity index (χ0n) is 6.40. The van der Waals surface area contributed by atoms with Gasteiger partial charge in [0.2, 0.25) is 0 Å². The molecule has 0 bridgehead atoms. The Balaban J connectivity index is 3.20. The highest BCUT2D eigenvalue weighted by atomic mass is 14.0. The molecule has 0 aliphatic rings. The molecule has 0 spiro atoms. The average Bonchev–Trinajstić information content (AvgIpc) is 1.91. The van der Waals surface area contributed by atoms with Gasteiger partial charge >= 0.3 is 0 Å². The molecule has 0 aliphatic carbocycles. The van der Waals surface area contributed by atoms with Gasteiger partial charge in [-0.2, -0.15) is 0 Å². The van der Waals surface area contributed by atoms with E-state index in [0.29, 0.717) is 0 Å². The molecule has 0 rings (SSSR count). The van der Waals surface area contributed by atoms with Gasteiger partial charge in [-0.15, -0.1) is 6.58 Å². The standard InChI is InChI=1S/C9H17/c1-4-7-8-9(5-2)6-3/h5,9H,1-2,4,6-8H2,3H3. The lowest BCUT2D eigenvalue weighted by molar-refractivity contribution is 0.549. The van der Waals surface area contributed by atoms with Crippen molar-refractivity contribution in [2.75, 3.05) is 0 Å². The zero-order valence-corrected chi connectivity index (χ0v) is 6.40. The van der Waals surface area contributed by atoms with E-state index in [1.807, 2.05) is 0 Å². The maximum absolute atomic E-state index is 3.79. The minimum atomic E-state index is 0.728. The van der Waals surface area contributed by atoms with Crippen molar-refractivity contribution in [3.05, 3.63) is 19.6 Å². The Labute approximate surface area is 59.0 Å². The largest absolute Gasteiger partial charge is 0.103 e. The van der Waals surface area contributed by atoms with Crippen LogP contribution in [0.3, 0.4) is 0 Å². The summed E-state index contributed by atoms with van der Waals surface area (Å²) in [4.78, 5) is 0. The third kappa shape index (κ3) is 4.26. The lowest BCUT2D eigenvalue weighted by Gasteiger charge is -2.06. The first-order valence-electron chi connectivity index (χ1n) is 3.77. The smallest absolute Gasteiger partial charge is 0.0239 e. The van der Waals surface area contributed by atoms with Crippen molar-refractivity contribution in [3.63, 3.8) is 0 Å². The Hall–Kier alpha value is -0.260. The Morgan fingerprint density at radius 3 is 2.56 bits per heavy atom. The first-order chi connectivity index (χ1) is 4.35. The first-order valence-corrected chi connectivity index (χ1v) is 3.77. The summed E-state index contributed by atoms with van der Waals surface area (Å²) in [6, 6.07) is 0. The molecule has 0 saturated carbocycles. The van der Waals surface area contributed by atoms with Crippen LogP contribution in [0.25, 0.3) is 0 Å². The molecule has 0 heterocycles. The molecule has 0 amide bonds. The maximum atomic E-state index is 3.79. The SMILES string of the molecule is [CH2]CCCC(C=C)CC. The maximum Gasteiger partial charge on any atom is -0.0239 e. The molecule has 0 nitrogen and oxygen atoms in total. The van der Waals surface area contributed by atoms with Crippen LogP contribution in [0.4, 0.5) is 0 Å². The quantitative estimate of drug-likeness (QED) is 0.495. The van der Waals surface area contributed by atoms with Crippen molar-refractivity contribution in [2.45, 2.75) is 32.6 Å². The molecule has 1 radical (unpaired) electrons. The monoisotopic (exact) mass is 125 g/mol. The van der Waals surface area contributed by atoms with Crippen LogP contribution in [0.1, 0.15) is 32.6 Å². The summed E-state index contributed by atoms with van der Waals surface area (Å²) in [5.41, 5.74) is 0. The van der Waals surface area contributed by atoms with Gasteiger partial charge in [-0.05, 0) is 18.8 Å². The van der Waals surface area contributed by atoms with Crippen LogP contribution in [0.2, 0.25) is 0 Å². The van der Waals surface area contributed by atoms with Gasteiger partial charge in [-0.25, -0.2) is 0 Å². The van der Waals surface area contributed by atoms with Gasteiger partial charge in [0.1, 0.15) is 0 Å². The molecule has 0 aliphatic heterocycles. The molecular formula is C9H17. The van der Waals surface area contributed by atoms with Crippen LogP contribution in [-0.2, 0) is 0 Å². The molecule has 9 heavy (non-hydrogen) atoms. The number of allylic oxidation sites excluding steroid dienone is 1. The van der Waals surface area contributed by atoms with Gasteiger partial charge in [0.15, 0.2) is 0 Å². The highest BCUT2D eigenvalue weighted by Gasteiger charge is 1.97. The highest BCUT2D eigenvalue weighted by Crippen LogP contribution is 2.12. The van der Waals surface area contributed by atoms with Crippen LogP contribution in [0.15, 0.2) is 12.7 Å². The minimum Gasteiger partial charge on any atom is -0.103 e. The molecular weight excluding hydrogens is 108 g/mol. The first kappa shape index (κ1) is 8.74. The van der Waals surface area contributed by atoms with Crippen LogP contribution in [0, 0.1) is 12.8 Å². The normalized spacial score (nSPS) is 13.1. The van der Waals surface area contributed by atoms with E-state index in [1.165, 1.54) is 19.3 Å². The summed E-state index contributed by atoms with van der Waals surface area (Å²) >= 11 is 0. The molecule has 0 aromatic carbocycles. The van der Waals surface area contributed by atoms with Crippen molar-refractivity contribution in [1.82, 2.24) is 0 Å². The average molecular weight is 125 g/mol. The van der Waals surface area contributed by atoms with Gasteiger partial charge in [-0.3, -0.25) is 0 Å². The Bertz CT molecular complexity index is 64.4. The van der Waals surface area contributed by atoms with Crippen LogP contribution in [0.5, 0.6) is 0 Å². The van der Waals surface area contributed by atoms with Gasteiger partial charge in [-0.1, -0.05) is 32.8 Å². The molecule has 1 unspecified atom stereocenters. The second-order valence-corrected chi connectivity index (χ2v) is 2.40. The van der Waals surface area contributed by atoms with E-state index in [-0.39, 0.29) is 0 Å². The molecule has 1 atom stereocenters. The molecule has 0 aromatic heterocycles. The number of hydrogen-bond donors (Lipinski definition) is 0. The van der Waals surface area contributed by atoms with E-state index in [1.54, 1.807) is 0 Å². The van der Waals surface area contributed by atoms with Gasteiger partial charge < -0.3 is 0 Å². The van der Waals surface area contributed by atoms with Crippen molar-refractivity contribution in [1.29, 1.82) is 0 Å². The Morgan fingerprint density at radius 1 is 1.56 bits per heavy atom. The van der Waals surface area contributed by atoms with E-state index >= 15 is 0 Å². The van der Waals surface area contributed by atoms with Crippen molar-refractivity contribution in [3.8, 4) is 0 Å². The second-order valence-electron chi connectivity index (χ2n) is 2.40. The Kier molecular flexibility index (Phi) is 5.70. The molecule has 53 valence electrons. The summed E-state index contributed by atoms with van der Waals surface area (Å²) in [5, 5.41) is 0. The lowest BCUT2D eigenvalue weighted by Crippen LogP contribution is -1.92. The number of rotatable bonds is 5. The highest BCUT2D eigenvalue weighted by molar-refractivity contribution is 4.77. The predicted octanol–water partition coefficient (Wildman–Crippen LogP) is 3.20. The fourth-order valence-electron chi connectivity index (χ4n) is 0.895. The molecule has 0 aromatic rings. The van der Waals surface area contributed by atoms with Gasteiger partial charge in [0, 0.05) is 0 Å². The molecule has 0 fully saturated rings. The third-order valence-corrected chi connectivity index (χ3v) is 1.68. The topological polar surface area (TPSA) is 0 Å². The third-order valence-electron chi connectivity index (χ3n) is 1.68. The summed E-state index contributed by atoms with van der Waals surface area (Å²) in [6.45, 7) is 9.76. The van der Waals surface area contributed by atoms with Crippen molar-refractivity contribution in [2.24, 2.45) is 5.92 Å². The van der Waals surface area contributed by atoms with E-state index in [9.17, 15) is 0 Å². The number of hydrogen-bond acceptors (Lipinski definition) is 0. The zero-order chi connectivity index (χ0) is 7.11. The van der Waals surface area contributed by atoms with Crippen molar-refractivity contribution >= 4 is 0 Å². The minimum absolute atomic E-state index is 0.728. The summed E-state index contributed by atoms with van der Waals surface area (Å²) in [5.74, 6) is 0.728. The van der Waals surface area contributed by atoms with E-state index in [4.69, 9.17) is 0 Å².